The molecule has 4 heteroatoms. The first kappa shape index (κ1) is 19.6. The molecule has 3 rings (SSSR count). The molecule has 0 spiro atoms. The Morgan fingerprint density at radius 2 is 1.48 bits per heavy atom. The van der Waals surface area contributed by atoms with Gasteiger partial charge in [-0.15, -0.1) is 0 Å². The van der Waals surface area contributed by atoms with Gasteiger partial charge in [0.25, 0.3) is 0 Å². The van der Waals surface area contributed by atoms with E-state index in [4.69, 9.17) is 0 Å². The van der Waals surface area contributed by atoms with Gasteiger partial charge >= 0.3 is 0 Å². The van der Waals surface area contributed by atoms with Crippen LogP contribution in [0.2, 0.25) is 0 Å². The molecule has 0 bridgehead atoms. The highest BCUT2D eigenvalue weighted by Crippen LogP contribution is 2.27. The van der Waals surface area contributed by atoms with Crippen molar-refractivity contribution >= 4 is 5.91 Å². The van der Waals surface area contributed by atoms with Crippen molar-refractivity contribution in [3.05, 3.63) is 71.8 Å². The van der Waals surface area contributed by atoms with Gasteiger partial charge in [-0.3, -0.25) is 4.79 Å². The first-order chi connectivity index (χ1) is 13.2. The second-order valence-corrected chi connectivity index (χ2v) is 7.43. The number of nitrogens with zero attached hydrogens (tertiary/aromatic N) is 2. The summed E-state index contributed by atoms with van der Waals surface area (Å²) in [5.74, 6) is 0.233. The van der Waals surface area contributed by atoms with Crippen molar-refractivity contribution in [2.24, 2.45) is 0 Å². The van der Waals surface area contributed by atoms with E-state index in [0.29, 0.717) is 6.42 Å². The molecule has 0 radical (unpaired) electrons. The molecule has 1 N–H and O–H groups in total. The summed E-state index contributed by atoms with van der Waals surface area (Å²) in [6, 6.07) is 20.6. The number of amides is 1. The van der Waals surface area contributed by atoms with Gasteiger partial charge in [-0.2, -0.15) is 0 Å². The van der Waals surface area contributed by atoms with E-state index >= 15 is 0 Å². The van der Waals surface area contributed by atoms with Crippen LogP contribution in [0.25, 0.3) is 0 Å². The van der Waals surface area contributed by atoms with Crippen molar-refractivity contribution < 1.29 is 4.79 Å². The van der Waals surface area contributed by atoms with Gasteiger partial charge in [0.1, 0.15) is 0 Å². The fourth-order valence-electron chi connectivity index (χ4n) is 3.66. The van der Waals surface area contributed by atoms with Crippen LogP contribution in [0.15, 0.2) is 60.7 Å². The summed E-state index contributed by atoms with van der Waals surface area (Å²) < 4.78 is 0. The van der Waals surface area contributed by atoms with Crippen LogP contribution in [-0.4, -0.2) is 62.0 Å². The Bertz CT molecular complexity index is 642. The van der Waals surface area contributed by atoms with E-state index in [-0.39, 0.29) is 11.8 Å². The maximum Gasteiger partial charge on any atom is 0.220 e. The van der Waals surface area contributed by atoms with Gasteiger partial charge < -0.3 is 15.1 Å². The van der Waals surface area contributed by atoms with Gasteiger partial charge in [0, 0.05) is 45.1 Å². The van der Waals surface area contributed by atoms with Crippen molar-refractivity contribution in [1.29, 1.82) is 0 Å². The fourth-order valence-corrected chi connectivity index (χ4v) is 3.66. The third-order valence-electron chi connectivity index (χ3n) is 5.36. The van der Waals surface area contributed by atoms with Crippen LogP contribution >= 0.6 is 0 Å². The van der Waals surface area contributed by atoms with Crippen LogP contribution in [-0.2, 0) is 4.79 Å². The largest absolute Gasteiger partial charge is 0.356 e. The summed E-state index contributed by atoms with van der Waals surface area (Å²) in [6.45, 7) is 6.36. The summed E-state index contributed by atoms with van der Waals surface area (Å²) in [4.78, 5) is 17.4. The number of carbonyl (C=O) groups is 1. The van der Waals surface area contributed by atoms with Crippen LogP contribution < -0.4 is 5.32 Å². The number of piperazine rings is 1. The predicted octanol–water partition coefficient (Wildman–Crippen LogP) is 2.96. The molecule has 144 valence electrons. The molecule has 2 aromatic carbocycles. The fraction of sp³-hybridized carbons (Fsp3) is 0.435. The molecule has 4 nitrogen and oxygen atoms in total. The molecule has 0 unspecified atom stereocenters. The standard InChI is InChI=1S/C23H31N3O/c1-25-15-17-26(18-16-25)14-8-13-24-23(27)19-22(20-9-4-2-5-10-20)21-11-6-3-7-12-21/h2-7,9-12,22H,8,13-19H2,1H3,(H,24,27). The molecule has 0 saturated carbocycles. The highest BCUT2D eigenvalue weighted by atomic mass is 16.1. The number of carbonyl (C=O) groups excluding carboxylic acids is 1. The maximum absolute atomic E-state index is 12.6. The quantitative estimate of drug-likeness (QED) is 0.731. The lowest BCUT2D eigenvalue weighted by Crippen LogP contribution is -2.45. The van der Waals surface area contributed by atoms with Gasteiger partial charge in [0.15, 0.2) is 0 Å². The Morgan fingerprint density at radius 3 is 2.04 bits per heavy atom. The van der Waals surface area contributed by atoms with Crippen LogP contribution in [0, 0.1) is 0 Å². The van der Waals surface area contributed by atoms with Crippen molar-refractivity contribution in [1.82, 2.24) is 15.1 Å². The van der Waals surface area contributed by atoms with Crippen molar-refractivity contribution in [3.8, 4) is 0 Å². The zero-order valence-electron chi connectivity index (χ0n) is 16.3. The summed E-state index contributed by atoms with van der Waals surface area (Å²) in [5, 5.41) is 3.12. The minimum atomic E-state index is 0.102. The number of likely N-dealkylation sites (N-methyl/N-ethyl adjacent to an activating group) is 1. The Morgan fingerprint density at radius 1 is 0.926 bits per heavy atom. The normalized spacial score (nSPS) is 15.8. The molecule has 1 aliphatic rings. The van der Waals surface area contributed by atoms with Crippen molar-refractivity contribution in [2.45, 2.75) is 18.8 Å². The highest BCUT2D eigenvalue weighted by Gasteiger charge is 2.18. The maximum atomic E-state index is 12.6. The van der Waals surface area contributed by atoms with Crippen LogP contribution in [0.1, 0.15) is 29.9 Å². The average molecular weight is 366 g/mol. The lowest BCUT2D eigenvalue weighted by molar-refractivity contribution is -0.121. The number of nitrogens with one attached hydrogen (secondary N) is 1. The molecule has 1 amide bonds. The molecule has 2 aromatic rings. The Hall–Kier alpha value is -2.17. The molecular formula is C23H31N3O. The van der Waals surface area contributed by atoms with Crippen LogP contribution in [0.4, 0.5) is 0 Å². The Labute approximate surface area is 163 Å². The average Bonchev–Trinajstić information content (AvgIpc) is 2.72. The van der Waals surface area contributed by atoms with Gasteiger partial charge in [-0.05, 0) is 31.1 Å². The van der Waals surface area contributed by atoms with Gasteiger partial charge in [-0.25, -0.2) is 0 Å². The molecule has 0 aromatic heterocycles. The summed E-state index contributed by atoms with van der Waals surface area (Å²) in [6.07, 6.45) is 1.50. The highest BCUT2D eigenvalue weighted by molar-refractivity contribution is 5.77. The topological polar surface area (TPSA) is 35.6 Å². The zero-order chi connectivity index (χ0) is 18.9. The third kappa shape index (κ3) is 6.19. The molecular weight excluding hydrogens is 334 g/mol. The SMILES string of the molecule is CN1CCN(CCCNC(=O)CC(c2ccccc2)c2ccccc2)CC1. The summed E-state index contributed by atoms with van der Waals surface area (Å²) in [5.41, 5.74) is 2.38. The summed E-state index contributed by atoms with van der Waals surface area (Å²) in [7, 11) is 2.17. The lowest BCUT2D eigenvalue weighted by atomic mass is 9.88. The first-order valence-electron chi connectivity index (χ1n) is 10.00. The van der Waals surface area contributed by atoms with E-state index < -0.39 is 0 Å². The minimum absolute atomic E-state index is 0.102. The van der Waals surface area contributed by atoms with E-state index in [1.807, 2.05) is 36.4 Å². The second kappa shape index (κ2) is 10.2. The van der Waals surface area contributed by atoms with Crippen LogP contribution in [0.3, 0.4) is 0 Å². The van der Waals surface area contributed by atoms with Crippen LogP contribution in [0.5, 0.6) is 0 Å². The van der Waals surface area contributed by atoms with Gasteiger partial charge in [0.05, 0.1) is 0 Å². The minimum Gasteiger partial charge on any atom is -0.356 e. The molecule has 0 aliphatic carbocycles. The van der Waals surface area contributed by atoms with Gasteiger partial charge in [-0.1, -0.05) is 60.7 Å². The molecule has 27 heavy (non-hydrogen) atoms. The molecule has 1 fully saturated rings. The third-order valence-corrected chi connectivity index (χ3v) is 5.36. The number of hydrogen-bond donors (Lipinski definition) is 1. The van der Waals surface area contributed by atoms with Gasteiger partial charge in [0.2, 0.25) is 5.91 Å². The lowest BCUT2D eigenvalue weighted by Gasteiger charge is -2.32. The van der Waals surface area contributed by atoms with E-state index in [1.165, 1.54) is 11.1 Å². The summed E-state index contributed by atoms with van der Waals surface area (Å²) >= 11 is 0. The van der Waals surface area contributed by atoms with E-state index in [9.17, 15) is 4.79 Å². The van der Waals surface area contributed by atoms with E-state index in [0.717, 1.165) is 45.7 Å². The van der Waals surface area contributed by atoms with E-state index in [1.54, 1.807) is 0 Å². The Kier molecular flexibility index (Phi) is 7.43. The number of rotatable bonds is 8. The smallest absolute Gasteiger partial charge is 0.220 e. The van der Waals surface area contributed by atoms with Crippen molar-refractivity contribution in [3.63, 3.8) is 0 Å². The first-order valence-corrected chi connectivity index (χ1v) is 10.00. The monoisotopic (exact) mass is 365 g/mol. The Balaban J connectivity index is 1.48. The van der Waals surface area contributed by atoms with Crippen molar-refractivity contribution in [2.75, 3.05) is 46.3 Å². The van der Waals surface area contributed by atoms with E-state index in [2.05, 4.69) is 46.4 Å². The number of benzene rings is 2. The molecule has 1 saturated heterocycles. The molecule has 1 heterocycles. The predicted molar refractivity (Wildman–Crippen MR) is 111 cm³/mol. The molecule has 0 atom stereocenters. The number of hydrogen-bond acceptors (Lipinski definition) is 3. The second-order valence-electron chi connectivity index (χ2n) is 7.43. The zero-order valence-corrected chi connectivity index (χ0v) is 16.3. The molecule has 1 aliphatic heterocycles.